The molecule has 0 aliphatic carbocycles. The number of anilines is 2. The largest absolute Gasteiger partial charge is 0.497 e. The summed E-state index contributed by atoms with van der Waals surface area (Å²) in [6.07, 6.45) is 2.09. The Kier molecular flexibility index (Phi) is 7.23. The molecule has 4 rings (SSSR count). The van der Waals surface area contributed by atoms with Crippen molar-refractivity contribution in [2.75, 3.05) is 45.0 Å². The minimum atomic E-state index is -1.19. The third-order valence-corrected chi connectivity index (χ3v) is 6.61. The number of para-hydroxylation sites is 1. The van der Waals surface area contributed by atoms with Gasteiger partial charge in [-0.3, -0.25) is 4.98 Å². The van der Waals surface area contributed by atoms with Crippen LogP contribution in [0.2, 0.25) is 0 Å². The van der Waals surface area contributed by atoms with Gasteiger partial charge in [-0.05, 0) is 49.2 Å². The van der Waals surface area contributed by atoms with Crippen molar-refractivity contribution in [3.05, 3.63) is 60.8 Å². The van der Waals surface area contributed by atoms with E-state index in [1.165, 1.54) is 12.0 Å². The zero-order valence-corrected chi connectivity index (χ0v) is 20.5. The van der Waals surface area contributed by atoms with Crippen molar-refractivity contribution in [3.63, 3.8) is 0 Å². The van der Waals surface area contributed by atoms with Gasteiger partial charge in [0.1, 0.15) is 11.3 Å². The maximum atomic E-state index is 13.1. The van der Waals surface area contributed by atoms with Crippen LogP contribution in [-0.2, 0) is 9.53 Å². The SMILES string of the molecule is COC(=O)C1(N(C)C(=O)Nc2ccccc2)CCN(C(=O)Nc2ccnc3ccc(OC)cc23)CC1. The summed E-state index contributed by atoms with van der Waals surface area (Å²) in [5, 5.41) is 6.50. The fourth-order valence-corrected chi connectivity index (χ4v) is 4.42. The smallest absolute Gasteiger partial charge is 0.331 e. The van der Waals surface area contributed by atoms with Crippen molar-refractivity contribution in [2.24, 2.45) is 0 Å². The number of likely N-dealkylation sites (N-methyl/N-ethyl adjacent to an activating group) is 1. The summed E-state index contributed by atoms with van der Waals surface area (Å²) in [4.78, 5) is 46.3. The number of piperidine rings is 1. The van der Waals surface area contributed by atoms with Gasteiger partial charge in [0.15, 0.2) is 0 Å². The van der Waals surface area contributed by atoms with Gasteiger partial charge in [0.05, 0.1) is 25.4 Å². The average Bonchev–Trinajstić information content (AvgIpc) is 2.92. The van der Waals surface area contributed by atoms with E-state index >= 15 is 0 Å². The first-order valence-corrected chi connectivity index (χ1v) is 11.5. The molecule has 10 nitrogen and oxygen atoms in total. The molecule has 36 heavy (non-hydrogen) atoms. The third-order valence-electron chi connectivity index (χ3n) is 6.61. The molecular weight excluding hydrogens is 462 g/mol. The second kappa shape index (κ2) is 10.5. The molecule has 2 heterocycles. The van der Waals surface area contributed by atoms with Crippen LogP contribution in [0.5, 0.6) is 5.75 Å². The fourth-order valence-electron chi connectivity index (χ4n) is 4.42. The normalized spacial score (nSPS) is 14.6. The van der Waals surface area contributed by atoms with Gasteiger partial charge in [0.2, 0.25) is 0 Å². The first kappa shape index (κ1) is 24.8. The van der Waals surface area contributed by atoms with Gasteiger partial charge in [0.25, 0.3) is 0 Å². The Labute approximate surface area is 209 Å². The first-order chi connectivity index (χ1) is 17.4. The van der Waals surface area contributed by atoms with E-state index in [9.17, 15) is 14.4 Å². The number of amides is 4. The summed E-state index contributed by atoms with van der Waals surface area (Å²) in [7, 11) is 4.45. The maximum absolute atomic E-state index is 13.1. The molecule has 0 atom stereocenters. The zero-order valence-electron chi connectivity index (χ0n) is 20.5. The Morgan fingerprint density at radius 1 is 1.00 bits per heavy atom. The van der Waals surface area contributed by atoms with Gasteiger partial charge in [-0.15, -0.1) is 0 Å². The molecule has 1 fully saturated rings. The minimum absolute atomic E-state index is 0.233. The molecule has 2 N–H and O–H groups in total. The summed E-state index contributed by atoms with van der Waals surface area (Å²) in [6.45, 7) is 0.520. The predicted molar refractivity (Wildman–Crippen MR) is 136 cm³/mol. The second-order valence-corrected chi connectivity index (χ2v) is 8.54. The molecule has 0 radical (unpaired) electrons. The molecule has 0 bridgehead atoms. The first-order valence-electron chi connectivity index (χ1n) is 11.5. The van der Waals surface area contributed by atoms with Crippen LogP contribution in [0, 0.1) is 0 Å². The lowest BCUT2D eigenvalue weighted by molar-refractivity contribution is -0.155. The number of nitrogens with zero attached hydrogens (tertiary/aromatic N) is 3. The number of aromatic nitrogens is 1. The summed E-state index contributed by atoms with van der Waals surface area (Å²) in [5.74, 6) is 0.143. The maximum Gasteiger partial charge on any atom is 0.331 e. The number of methoxy groups -OCH3 is 2. The quantitative estimate of drug-likeness (QED) is 0.523. The molecule has 1 aliphatic rings. The third kappa shape index (κ3) is 4.88. The van der Waals surface area contributed by atoms with Crippen molar-refractivity contribution in [1.29, 1.82) is 0 Å². The number of carbonyl (C=O) groups is 3. The zero-order chi connectivity index (χ0) is 25.7. The Morgan fingerprint density at radius 2 is 1.72 bits per heavy atom. The minimum Gasteiger partial charge on any atom is -0.497 e. The molecule has 0 unspecified atom stereocenters. The number of hydrogen-bond acceptors (Lipinski definition) is 6. The van der Waals surface area contributed by atoms with Crippen LogP contribution in [0.1, 0.15) is 12.8 Å². The van der Waals surface area contributed by atoms with E-state index in [0.29, 0.717) is 17.1 Å². The van der Waals surface area contributed by atoms with Crippen molar-refractivity contribution in [1.82, 2.24) is 14.8 Å². The predicted octanol–water partition coefficient (Wildman–Crippen LogP) is 3.95. The van der Waals surface area contributed by atoms with E-state index < -0.39 is 17.5 Å². The van der Waals surface area contributed by atoms with Gasteiger partial charge < -0.3 is 29.9 Å². The number of benzene rings is 2. The van der Waals surface area contributed by atoms with E-state index in [0.717, 1.165) is 10.9 Å². The average molecular weight is 492 g/mol. The van der Waals surface area contributed by atoms with Crippen LogP contribution in [-0.4, -0.2) is 72.7 Å². The van der Waals surface area contributed by atoms with Crippen LogP contribution in [0.3, 0.4) is 0 Å². The summed E-state index contributed by atoms with van der Waals surface area (Å²) >= 11 is 0. The molecule has 1 aromatic heterocycles. The fraction of sp³-hybridized carbons (Fsp3) is 0.308. The van der Waals surface area contributed by atoms with Gasteiger partial charge in [-0.2, -0.15) is 0 Å². The monoisotopic (exact) mass is 491 g/mol. The summed E-state index contributed by atoms with van der Waals surface area (Å²) in [6, 6.07) is 15.4. The molecule has 2 aromatic carbocycles. The van der Waals surface area contributed by atoms with Crippen molar-refractivity contribution < 1.29 is 23.9 Å². The highest BCUT2D eigenvalue weighted by Crippen LogP contribution is 2.31. The molecule has 188 valence electrons. The van der Waals surface area contributed by atoms with E-state index in [1.54, 1.807) is 43.5 Å². The standard InChI is InChI=1S/C26H29N5O5/c1-30(24(33)28-18-7-5-4-6-8-18)26(23(32)36-3)12-15-31(16-13-26)25(34)29-22-11-14-27-21-10-9-19(35-2)17-20(21)22/h4-11,14,17H,12-13,15-16H2,1-3H3,(H,28,33)(H,27,29,34). The van der Waals surface area contributed by atoms with Crippen molar-refractivity contribution >= 4 is 40.3 Å². The van der Waals surface area contributed by atoms with Gasteiger partial charge >= 0.3 is 18.0 Å². The van der Waals surface area contributed by atoms with Crippen molar-refractivity contribution in [2.45, 2.75) is 18.4 Å². The van der Waals surface area contributed by atoms with E-state index in [4.69, 9.17) is 9.47 Å². The topological polar surface area (TPSA) is 113 Å². The highest BCUT2D eigenvalue weighted by Gasteiger charge is 2.48. The summed E-state index contributed by atoms with van der Waals surface area (Å²) in [5.41, 5.74) is 0.754. The number of ether oxygens (including phenoxy) is 2. The molecule has 0 spiro atoms. The molecule has 10 heteroatoms. The van der Waals surface area contributed by atoms with E-state index in [1.807, 2.05) is 36.4 Å². The highest BCUT2D eigenvalue weighted by molar-refractivity contribution is 6.01. The number of carbonyl (C=O) groups excluding carboxylic acids is 3. The molecule has 1 saturated heterocycles. The lowest BCUT2D eigenvalue weighted by Crippen LogP contribution is -2.62. The Balaban J connectivity index is 1.47. The molecular formula is C26H29N5O5. The van der Waals surface area contributed by atoms with Crippen LogP contribution in [0.25, 0.3) is 10.9 Å². The van der Waals surface area contributed by atoms with E-state index in [2.05, 4.69) is 15.6 Å². The van der Waals surface area contributed by atoms with E-state index in [-0.39, 0.29) is 32.0 Å². The van der Waals surface area contributed by atoms with Crippen LogP contribution in [0.15, 0.2) is 60.8 Å². The number of pyridine rings is 1. The van der Waals surface area contributed by atoms with Crippen molar-refractivity contribution in [3.8, 4) is 5.75 Å². The van der Waals surface area contributed by atoms with Crippen LogP contribution < -0.4 is 15.4 Å². The Bertz CT molecular complexity index is 1260. The number of hydrogen-bond donors (Lipinski definition) is 2. The lowest BCUT2D eigenvalue weighted by atomic mass is 9.86. The molecule has 1 aliphatic heterocycles. The van der Waals surface area contributed by atoms with Crippen LogP contribution in [0.4, 0.5) is 21.0 Å². The van der Waals surface area contributed by atoms with Gasteiger partial charge in [0, 0.05) is 37.4 Å². The number of urea groups is 2. The number of fused-ring (bicyclic) bond motifs is 1. The Morgan fingerprint density at radius 3 is 2.39 bits per heavy atom. The van der Waals surface area contributed by atoms with Gasteiger partial charge in [-0.25, -0.2) is 14.4 Å². The number of nitrogens with one attached hydrogen (secondary N) is 2. The molecule has 0 saturated carbocycles. The number of esters is 1. The Hall–Kier alpha value is -4.34. The number of likely N-dealkylation sites (tertiary alicyclic amines) is 1. The summed E-state index contributed by atoms with van der Waals surface area (Å²) < 4.78 is 10.4. The van der Waals surface area contributed by atoms with Crippen LogP contribution >= 0.6 is 0 Å². The second-order valence-electron chi connectivity index (χ2n) is 8.54. The molecule has 3 aromatic rings. The van der Waals surface area contributed by atoms with Gasteiger partial charge in [-0.1, -0.05) is 18.2 Å². The lowest BCUT2D eigenvalue weighted by Gasteiger charge is -2.44. The highest BCUT2D eigenvalue weighted by atomic mass is 16.5. The number of rotatable bonds is 5. The molecule has 4 amide bonds.